The number of nitro groups is 3. The van der Waals surface area contributed by atoms with E-state index in [1.807, 2.05) is 0 Å². The van der Waals surface area contributed by atoms with E-state index in [0.29, 0.717) is 6.07 Å². The van der Waals surface area contributed by atoms with Crippen LogP contribution in [0, 0.1) is 37.3 Å². The predicted molar refractivity (Wildman–Crippen MR) is 51.1 cm³/mol. The maximum atomic E-state index is 10.6. The number of hydrogen-bond donors (Lipinski definition) is 0. The van der Waals surface area contributed by atoms with Crippen LogP contribution in [0.15, 0.2) is 12.1 Å². The molecule has 0 fully saturated rings. The van der Waals surface area contributed by atoms with Gasteiger partial charge in [0.2, 0.25) is 0 Å². The Kier molecular flexibility index (Phi) is 2.79. The predicted octanol–water partition coefficient (Wildman–Crippen LogP) is 1.72. The maximum Gasteiger partial charge on any atom is 0.353 e. The number of rotatable bonds is 3. The van der Waals surface area contributed by atoms with Gasteiger partial charge in [-0.25, -0.2) is 0 Å². The molecule has 1 aromatic carbocycles. The first-order valence-electron chi connectivity index (χ1n) is 3.92. The van der Waals surface area contributed by atoms with Gasteiger partial charge < -0.3 is 0 Å². The van der Waals surface area contributed by atoms with E-state index in [1.54, 1.807) is 0 Å². The van der Waals surface area contributed by atoms with Gasteiger partial charge in [0.25, 0.3) is 5.69 Å². The second-order valence-electron chi connectivity index (χ2n) is 2.90. The summed E-state index contributed by atoms with van der Waals surface area (Å²) in [6.45, 7) is 1.21. The average molecular weight is 227 g/mol. The van der Waals surface area contributed by atoms with E-state index < -0.39 is 31.8 Å². The monoisotopic (exact) mass is 227 g/mol. The summed E-state index contributed by atoms with van der Waals surface area (Å²) in [6.07, 6.45) is 0. The van der Waals surface area contributed by atoms with Crippen molar-refractivity contribution in [2.45, 2.75) is 6.92 Å². The zero-order valence-electron chi connectivity index (χ0n) is 7.95. The fourth-order valence-corrected chi connectivity index (χ4v) is 1.22. The number of aryl methyl sites for hydroxylation is 1. The van der Waals surface area contributed by atoms with Gasteiger partial charge in [0, 0.05) is 11.6 Å². The third-order valence-electron chi connectivity index (χ3n) is 1.86. The summed E-state index contributed by atoms with van der Waals surface area (Å²) in [7, 11) is 0. The SMILES string of the molecule is Cc1cc([N+](=O)[O-])cc([N+](=O)[O-])c1[N+](=O)[O-]. The third kappa shape index (κ3) is 1.92. The Balaban J connectivity index is 3.58. The summed E-state index contributed by atoms with van der Waals surface area (Å²) in [4.78, 5) is 28.7. The molecule has 0 aliphatic carbocycles. The van der Waals surface area contributed by atoms with Gasteiger partial charge in [-0.1, -0.05) is 0 Å². The fraction of sp³-hybridized carbons (Fsp3) is 0.143. The van der Waals surface area contributed by atoms with Gasteiger partial charge in [-0.2, -0.15) is 0 Å². The van der Waals surface area contributed by atoms with Crippen LogP contribution in [0.3, 0.4) is 0 Å². The molecule has 0 bridgehead atoms. The number of nitrogens with zero attached hydrogens (tertiary/aromatic N) is 3. The minimum atomic E-state index is -1.02. The molecule has 16 heavy (non-hydrogen) atoms. The van der Waals surface area contributed by atoms with Gasteiger partial charge in [-0.3, -0.25) is 30.3 Å². The van der Waals surface area contributed by atoms with Crippen molar-refractivity contribution in [2.75, 3.05) is 0 Å². The van der Waals surface area contributed by atoms with Crippen LogP contribution >= 0.6 is 0 Å². The molecule has 0 aromatic heterocycles. The van der Waals surface area contributed by atoms with Crippen LogP contribution in [0.2, 0.25) is 0 Å². The van der Waals surface area contributed by atoms with Crippen LogP contribution in [0.25, 0.3) is 0 Å². The highest BCUT2D eigenvalue weighted by molar-refractivity contribution is 5.62. The molecule has 1 aromatic rings. The van der Waals surface area contributed by atoms with Crippen molar-refractivity contribution in [3.05, 3.63) is 48.0 Å². The van der Waals surface area contributed by atoms with Crippen LogP contribution in [-0.2, 0) is 0 Å². The van der Waals surface area contributed by atoms with Crippen molar-refractivity contribution in [3.63, 3.8) is 0 Å². The van der Waals surface area contributed by atoms with E-state index >= 15 is 0 Å². The lowest BCUT2D eigenvalue weighted by molar-refractivity contribution is -0.424. The molecule has 0 aliphatic heterocycles. The van der Waals surface area contributed by atoms with E-state index in [-0.39, 0.29) is 5.56 Å². The first-order valence-corrected chi connectivity index (χ1v) is 3.92. The highest BCUT2D eigenvalue weighted by Gasteiger charge is 2.30. The normalized spacial score (nSPS) is 9.81. The van der Waals surface area contributed by atoms with E-state index in [4.69, 9.17) is 0 Å². The standard InChI is InChI=1S/C7H5N3O6/c1-4-2-5(8(11)12)3-6(9(13)14)7(4)10(15)16/h2-3H,1H3. The summed E-state index contributed by atoms with van der Waals surface area (Å²) in [5, 5.41) is 31.5. The van der Waals surface area contributed by atoms with Crippen LogP contribution in [0.4, 0.5) is 17.1 Å². The average Bonchev–Trinajstić information content (AvgIpc) is 2.15. The molecule has 0 saturated carbocycles. The van der Waals surface area contributed by atoms with Crippen LogP contribution in [-0.4, -0.2) is 14.8 Å². The summed E-state index contributed by atoms with van der Waals surface area (Å²) in [6, 6.07) is 1.50. The van der Waals surface area contributed by atoms with Gasteiger partial charge in [-0.05, 0) is 6.92 Å². The number of benzene rings is 1. The highest BCUT2D eigenvalue weighted by Crippen LogP contribution is 2.34. The minimum Gasteiger partial charge on any atom is -0.258 e. The van der Waals surface area contributed by atoms with Crippen molar-refractivity contribution in [1.29, 1.82) is 0 Å². The second kappa shape index (κ2) is 3.88. The lowest BCUT2D eigenvalue weighted by Crippen LogP contribution is -2.00. The molecule has 0 atom stereocenters. The Morgan fingerprint density at radius 2 is 1.50 bits per heavy atom. The van der Waals surface area contributed by atoms with Gasteiger partial charge in [0.15, 0.2) is 0 Å². The Morgan fingerprint density at radius 1 is 0.938 bits per heavy atom. The first kappa shape index (κ1) is 11.5. The third-order valence-corrected chi connectivity index (χ3v) is 1.86. The molecule has 0 spiro atoms. The Labute approximate surface area is 87.8 Å². The van der Waals surface area contributed by atoms with Gasteiger partial charge in [-0.15, -0.1) is 0 Å². The molecule has 0 heterocycles. The largest absolute Gasteiger partial charge is 0.353 e. The van der Waals surface area contributed by atoms with Gasteiger partial charge in [0.1, 0.15) is 6.07 Å². The zero-order valence-corrected chi connectivity index (χ0v) is 7.95. The molecule has 0 saturated heterocycles. The molecule has 0 amide bonds. The van der Waals surface area contributed by atoms with Crippen LogP contribution in [0.1, 0.15) is 5.56 Å². The number of hydrogen-bond acceptors (Lipinski definition) is 6. The topological polar surface area (TPSA) is 129 Å². The summed E-state index contributed by atoms with van der Waals surface area (Å²) in [5.74, 6) is 0. The molecule has 9 heteroatoms. The Bertz CT molecular complexity index is 497. The van der Waals surface area contributed by atoms with E-state index in [2.05, 4.69) is 0 Å². The smallest absolute Gasteiger partial charge is 0.258 e. The molecular formula is C7H5N3O6. The molecule has 0 N–H and O–H groups in total. The Hall–Kier alpha value is -2.58. The first-order chi connectivity index (χ1) is 7.34. The van der Waals surface area contributed by atoms with Crippen LogP contribution < -0.4 is 0 Å². The second-order valence-corrected chi connectivity index (χ2v) is 2.90. The molecular weight excluding hydrogens is 222 g/mol. The highest BCUT2D eigenvalue weighted by atomic mass is 16.6. The molecule has 0 aliphatic rings. The fourth-order valence-electron chi connectivity index (χ4n) is 1.22. The zero-order chi connectivity index (χ0) is 12.5. The molecule has 0 radical (unpaired) electrons. The summed E-state index contributed by atoms with van der Waals surface area (Å²) < 4.78 is 0. The van der Waals surface area contributed by atoms with Crippen molar-refractivity contribution in [3.8, 4) is 0 Å². The molecule has 84 valence electrons. The van der Waals surface area contributed by atoms with Crippen molar-refractivity contribution in [1.82, 2.24) is 0 Å². The van der Waals surface area contributed by atoms with Crippen LogP contribution in [0.5, 0.6) is 0 Å². The maximum absolute atomic E-state index is 10.6. The van der Waals surface area contributed by atoms with Gasteiger partial charge in [0.05, 0.1) is 14.8 Å². The van der Waals surface area contributed by atoms with Crippen molar-refractivity contribution >= 4 is 17.1 Å². The van der Waals surface area contributed by atoms with Crippen molar-refractivity contribution in [2.24, 2.45) is 0 Å². The number of nitro benzene ring substituents is 3. The summed E-state index contributed by atoms with van der Waals surface area (Å²) in [5.41, 5.74) is -2.27. The molecule has 1 rings (SSSR count). The van der Waals surface area contributed by atoms with E-state index in [1.165, 1.54) is 6.92 Å². The minimum absolute atomic E-state index is 0.120. The Morgan fingerprint density at radius 3 is 1.88 bits per heavy atom. The van der Waals surface area contributed by atoms with E-state index in [0.717, 1.165) is 6.07 Å². The lowest BCUT2D eigenvalue weighted by Gasteiger charge is -1.98. The molecule has 0 unspecified atom stereocenters. The van der Waals surface area contributed by atoms with Gasteiger partial charge >= 0.3 is 11.4 Å². The molecule has 9 nitrogen and oxygen atoms in total. The van der Waals surface area contributed by atoms with E-state index in [9.17, 15) is 30.3 Å². The summed E-state index contributed by atoms with van der Waals surface area (Å²) >= 11 is 0. The quantitative estimate of drug-likeness (QED) is 0.570. The lowest BCUT2D eigenvalue weighted by atomic mass is 10.1. The van der Waals surface area contributed by atoms with Crippen molar-refractivity contribution < 1.29 is 14.8 Å². The number of non-ortho nitro benzene ring substituents is 1.